The number of para-hydroxylation sites is 1. The molecule has 0 unspecified atom stereocenters. The van der Waals surface area contributed by atoms with Crippen molar-refractivity contribution in [2.75, 3.05) is 5.73 Å². The Hall–Kier alpha value is -2.67. The summed E-state index contributed by atoms with van der Waals surface area (Å²) in [6, 6.07) is 14.3. The van der Waals surface area contributed by atoms with Gasteiger partial charge in [0, 0.05) is 0 Å². The Morgan fingerprint density at radius 1 is 1.05 bits per heavy atom. The maximum atomic E-state index is 8.76. The zero-order chi connectivity index (χ0) is 14.5. The summed E-state index contributed by atoms with van der Waals surface area (Å²) in [4.78, 5) is 0. The van der Waals surface area contributed by atoms with E-state index in [0.717, 1.165) is 0 Å². The number of nitrogens with two attached hydrogens (primary N) is 1. The molecule has 0 radical (unpaired) electrons. The van der Waals surface area contributed by atoms with Crippen LogP contribution in [0, 0.1) is 11.3 Å². The van der Waals surface area contributed by atoms with Crippen molar-refractivity contribution in [2.45, 2.75) is 20.0 Å². The van der Waals surface area contributed by atoms with Gasteiger partial charge in [0.05, 0.1) is 17.7 Å². The number of nitriles is 1. The van der Waals surface area contributed by atoms with E-state index in [1.165, 1.54) is 0 Å². The topological polar surface area (TPSA) is 68.3 Å². The molecule has 4 heteroatoms. The quantitative estimate of drug-likeness (QED) is 0.858. The van der Waals surface area contributed by atoms with Gasteiger partial charge < -0.3 is 15.2 Å². The van der Waals surface area contributed by atoms with Gasteiger partial charge in [0.25, 0.3) is 0 Å². The summed E-state index contributed by atoms with van der Waals surface area (Å²) in [5.74, 6) is 1.76. The molecule has 0 atom stereocenters. The molecule has 0 heterocycles. The molecule has 20 heavy (non-hydrogen) atoms. The van der Waals surface area contributed by atoms with Crippen LogP contribution in [0.15, 0.2) is 42.5 Å². The third kappa shape index (κ3) is 3.21. The van der Waals surface area contributed by atoms with Gasteiger partial charge in [-0.25, -0.2) is 0 Å². The van der Waals surface area contributed by atoms with E-state index < -0.39 is 0 Å². The van der Waals surface area contributed by atoms with E-state index in [0.29, 0.717) is 28.5 Å². The van der Waals surface area contributed by atoms with Crippen molar-refractivity contribution in [1.29, 1.82) is 5.26 Å². The fourth-order valence-electron chi connectivity index (χ4n) is 1.69. The van der Waals surface area contributed by atoms with Crippen molar-refractivity contribution < 1.29 is 9.47 Å². The molecule has 0 saturated heterocycles. The van der Waals surface area contributed by atoms with Gasteiger partial charge in [-0.15, -0.1) is 0 Å². The van der Waals surface area contributed by atoms with Crippen LogP contribution < -0.4 is 15.2 Å². The van der Waals surface area contributed by atoms with E-state index in [2.05, 4.69) is 6.07 Å². The zero-order valence-corrected chi connectivity index (χ0v) is 11.5. The first-order valence-corrected chi connectivity index (χ1v) is 6.33. The van der Waals surface area contributed by atoms with Gasteiger partial charge in [0.15, 0.2) is 5.75 Å². The number of benzene rings is 2. The average Bonchev–Trinajstić information content (AvgIpc) is 2.43. The van der Waals surface area contributed by atoms with Gasteiger partial charge in [-0.2, -0.15) is 5.26 Å². The first-order valence-electron chi connectivity index (χ1n) is 6.33. The predicted octanol–water partition coefficient (Wildman–Crippen LogP) is 3.72. The summed E-state index contributed by atoms with van der Waals surface area (Å²) < 4.78 is 11.3. The lowest BCUT2D eigenvalue weighted by atomic mass is 10.2. The van der Waals surface area contributed by atoms with Gasteiger partial charge in [-0.1, -0.05) is 6.07 Å². The predicted molar refractivity (Wildman–Crippen MR) is 77.8 cm³/mol. The molecule has 0 fully saturated rings. The van der Waals surface area contributed by atoms with Crippen molar-refractivity contribution in [2.24, 2.45) is 0 Å². The van der Waals surface area contributed by atoms with Crippen LogP contribution in [0.3, 0.4) is 0 Å². The highest BCUT2D eigenvalue weighted by Crippen LogP contribution is 2.34. The lowest BCUT2D eigenvalue weighted by Crippen LogP contribution is -2.07. The Kier molecular flexibility index (Phi) is 4.11. The number of anilines is 1. The number of hydrogen-bond donors (Lipinski definition) is 1. The van der Waals surface area contributed by atoms with Gasteiger partial charge in [-0.05, 0) is 50.2 Å². The second kappa shape index (κ2) is 5.98. The Morgan fingerprint density at radius 2 is 1.70 bits per heavy atom. The molecule has 102 valence electrons. The van der Waals surface area contributed by atoms with Crippen molar-refractivity contribution >= 4 is 5.69 Å². The molecule has 0 aliphatic heterocycles. The fourth-order valence-corrected chi connectivity index (χ4v) is 1.69. The van der Waals surface area contributed by atoms with Crippen LogP contribution >= 0.6 is 0 Å². The maximum Gasteiger partial charge on any atom is 0.154 e. The Labute approximate surface area is 118 Å². The number of ether oxygens (including phenoxy) is 2. The molecule has 0 amide bonds. The summed E-state index contributed by atoms with van der Waals surface area (Å²) in [5, 5.41) is 8.76. The van der Waals surface area contributed by atoms with E-state index in [1.54, 1.807) is 36.4 Å². The standard InChI is InChI=1S/C16H16N2O2/c1-11(2)19-14-4-3-5-15(16(14)18)20-13-8-6-12(10-17)7-9-13/h3-9,11H,18H2,1-2H3. The molecule has 0 aliphatic carbocycles. The minimum Gasteiger partial charge on any atom is -0.489 e. The Morgan fingerprint density at radius 3 is 2.30 bits per heavy atom. The average molecular weight is 268 g/mol. The Balaban J connectivity index is 2.22. The van der Waals surface area contributed by atoms with E-state index >= 15 is 0 Å². The smallest absolute Gasteiger partial charge is 0.154 e. The van der Waals surface area contributed by atoms with Crippen LogP contribution in [-0.2, 0) is 0 Å². The van der Waals surface area contributed by atoms with Crippen molar-refractivity contribution in [1.82, 2.24) is 0 Å². The first kappa shape index (κ1) is 13.8. The minimum absolute atomic E-state index is 0.0439. The summed E-state index contributed by atoms with van der Waals surface area (Å²) in [5.41, 5.74) is 7.08. The molecule has 2 rings (SSSR count). The summed E-state index contributed by atoms with van der Waals surface area (Å²) in [7, 11) is 0. The van der Waals surface area contributed by atoms with E-state index in [9.17, 15) is 0 Å². The minimum atomic E-state index is 0.0439. The van der Waals surface area contributed by atoms with Crippen LogP contribution in [0.4, 0.5) is 5.69 Å². The monoisotopic (exact) mass is 268 g/mol. The summed E-state index contributed by atoms with van der Waals surface area (Å²) in [6.45, 7) is 3.88. The molecule has 0 bridgehead atoms. The van der Waals surface area contributed by atoms with Crippen LogP contribution in [0.25, 0.3) is 0 Å². The van der Waals surface area contributed by atoms with Crippen LogP contribution in [0.5, 0.6) is 17.2 Å². The molecule has 0 aliphatic rings. The molecule has 0 spiro atoms. The molecule has 2 aromatic carbocycles. The van der Waals surface area contributed by atoms with Crippen LogP contribution in [0.2, 0.25) is 0 Å². The molecular weight excluding hydrogens is 252 g/mol. The van der Waals surface area contributed by atoms with Crippen molar-refractivity contribution in [3.8, 4) is 23.3 Å². The number of nitrogens with zero attached hydrogens (tertiary/aromatic N) is 1. The van der Waals surface area contributed by atoms with E-state index in [-0.39, 0.29) is 6.10 Å². The largest absolute Gasteiger partial charge is 0.489 e. The van der Waals surface area contributed by atoms with Crippen molar-refractivity contribution in [3.05, 3.63) is 48.0 Å². The zero-order valence-electron chi connectivity index (χ0n) is 11.5. The number of nitrogen functional groups attached to an aromatic ring is 1. The third-order valence-corrected chi connectivity index (χ3v) is 2.60. The highest BCUT2D eigenvalue weighted by Gasteiger charge is 2.09. The number of hydrogen-bond acceptors (Lipinski definition) is 4. The van der Waals surface area contributed by atoms with Gasteiger partial charge in [-0.3, -0.25) is 0 Å². The van der Waals surface area contributed by atoms with Gasteiger partial charge in [0.2, 0.25) is 0 Å². The van der Waals surface area contributed by atoms with Crippen LogP contribution in [-0.4, -0.2) is 6.10 Å². The van der Waals surface area contributed by atoms with Crippen molar-refractivity contribution in [3.63, 3.8) is 0 Å². The summed E-state index contributed by atoms with van der Waals surface area (Å²) >= 11 is 0. The second-order valence-corrected chi connectivity index (χ2v) is 4.57. The highest BCUT2D eigenvalue weighted by atomic mass is 16.5. The van der Waals surface area contributed by atoms with Gasteiger partial charge >= 0.3 is 0 Å². The third-order valence-electron chi connectivity index (χ3n) is 2.60. The molecule has 0 aromatic heterocycles. The van der Waals surface area contributed by atoms with E-state index in [4.69, 9.17) is 20.5 Å². The highest BCUT2D eigenvalue weighted by molar-refractivity contribution is 5.63. The SMILES string of the molecule is CC(C)Oc1cccc(Oc2ccc(C#N)cc2)c1N. The maximum absolute atomic E-state index is 8.76. The second-order valence-electron chi connectivity index (χ2n) is 4.57. The first-order chi connectivity index (χ1) is 9.60. The van der Waals surface area contributed by atoms with Gasteiger partial charge in [0.1, 0.15) is 17.2 Å². The summed E-state index contributed by atoms with van der Waals surface area (Å²) in [6.07, 6.45) is 0.0439. The lowest BCUT2D eigenvalue weighted by molar-refractivity contribution is 0.243. The normalized spacial score (nSPS) is 10.1. The molecule has 4 nitrogen and oxygen atoms in total. The Bertz CT molecular complexity index is 628. The molecule has 2 N–H and O–H groups in total. The molecule has 2 aromatic rings. The lowest BCUT2D eigenvalue weighted by Gasteiger charge is -2.15. The van der Waals surface area contributed by atoms with Crippen LogP contribution in [0.1, 0.15) is 19.4 Å². The number of rotatable bonds is 4. The molecular formula is C16H16N2O2. The molecule has 0 saturated carbocycles. The van der Waals surface area contributed by atoms with E-state index in [1.807, 2.05) is 19.9 Å². The fraction of sp³-hybridized carbons (Fsp3) is 0.188.